The fourth-order valence-electron chi connectivity index (χ4n) is 2.28. The first-order chi connectivity index (χ1) is 12.0. The fourth-order valence-corrected chi connectivity index (χ4v) is 3.01. The van der Waals surface area contributed by atoms with Crippen LogP contribution in [0.1, 0.15) is 5.56 Å². The predicted molar refractivity (Wildman–Crippen MR) is 92.8 cm³/mol. The van der Waals surface area contributed by atoms with Crippen LogP contribution in [0.2, 0.25) is 0 Å². The Bertz CT molecular complexity index is 912. The number of methoxy groups -OCH3 is 1. The van der Waals surface area contributed by atoms with E-state index in [9.17, 15) is 13.6 Å². The van der Waals surface area contributed by atoms with E-state index in [0.29, 0.717) is 10.9 Å². The van der Waals surface area contributed by atoms with Gasteiger partial charge in [-0.1, -0.05) is 12.1 Å². The summed E-state index contributed by atoms with van der Waals surface area (Å²) in [6.45, 7) is 0. The quantitative estimate of drug-likeness (QED) is 0.739. The molecule has 1 heterocycles. The lowest BCUT2D eigenvalue weighted by Crippen LogP contribution is -2.14. The Labute approximate surface area is 147 Å². The van der Waals surface area contributed by atoms with Crippen LogP contribution in [0.4, 0.5) is 13.9 Å². The van der Waals surface area contributed by atoms with Crippen LogP contribution in [0.15, 0.2) is 47.8 Å². The molecule has 3 rings (SSSR count). The predicted octanol–water partition coefficient (Wildman–Crippen LogP) is 4.28. The van der Waals surface area contributed by atoms with Gasteiger partial charge in [-0.15, -0.1) is 11.3 Å². The number of hydrogen-bond donors (Lipinski definition) is 1. The number of carbonyl (C=O) groups is 1. The molecule has 0 saturated carbocycles. The highest BCUT2D eigenvalue weighted by Crippen LogP contribution is 2.27. The SMILES string of the molecule is COc1cccc(CC(=O)Nc2nc(-c3cc(F)ccc3F)cs2)c1. The lowest BCUT2D eigenvalue weighted by atomic mass is 10.1. The van der Waals surface area contributed by atoms with E-state index in [1.54, 1.807) is 30.7 Å². The third-order valence-electron chi connectivity index (χ3n) is 3.45. The second-order valence-corrected chi connectivity index (χ2v) is 6.10. The average Bonchev–Trinajstić information content (AvgIpc) is 3.05. The van der Waals surface area contributed by atoms with Crippen LogP contribution in [-0.4, -0.2) is 18.0 Å². The topological polar surface area (TPSA) is 51.2 Å². The number of benzene rings is 2. The Kier molecular flexibility index (Phi) is 5.04. The molecule has 2 aromatic carbocycles. The summed E-state index contributed by atoms with van der Waals surface area (Å²) < 4.78 is 32.2. The molecule has 0 unspecified atom stereocenters. The number of halogens is 2. The average molecular weight is 360 g/mol. The van der Waals surface area contributed by atoms with Gasteiger partial charge in [-0.25, -0.2) is 13.8 Å². The molecule has 0 spiro atoms. The molecule has 0 radical (unpaired) electrons. The standard InChI is InChI=1S/C18H14F2N2O2S/c1-24-13-4-2-3-11(7-13)8-17(23)22-18-21-16(10-25-18)14-9-12(19)5-6-15(14)20/h2-7,9-10H,8H2,1H3,(H,21,22,23). The minimum atomic E-state index is -0.569. The zero-order valence-electron chi connectivity index (χ0n) is 13.3. The number of thiazole rings is 1. The first kappa shape index (κ1) is 17.0. The van der Waals surface area contributed by atoms with Gasteiger partial charge in [0.1, 0.15) is 17.4 Å². The third-order valence-corrected chi connectivity index (χ3v) is 4.21. The zero-order valence-corrected chi connectivity index (χ0v) is 14.1. The number of ether oxygens (including phenoxy) is 1. The van der Waals surface area contributed by atoms with E-state index < -0.39 is 11.6 Å². The highest BCUT2D eigenvalue weighted by Gasteiger charge is 2.12. The molecule has 0 bridgehead atoms. The number of nitrogens with one attached hydrogen (secondary N) is 1. The maximum atomic E-state index is 13.8. The minimum absolute atomic E-state index is 0.0598. The van der Waals surface area contributed by atoms with Crippen LogP contribution in [0, 0.1) is 11.6 Å². The monoisotopic (exact) mass is 360 g/mol. The second kappa shape index (κ2) is 7.40. The molecule has 1 N–H and O–H groups in total. The van der Waals surface area contributed by atoms with E-state index in [4.69, 9.17) is 4.74 Å². The van der Waals surface area contributed by atoms with Crippen molar-refractivity contribution in [2.45, 2.75) is 6.42 Å². The van der Waals surface area contributed by atoms with Gasteiger partial charge in [-0.3, -0.25) is 4.79 Å². The molecule has 0 aliphatic rings. The molecule has 128 valence electrons. The highest BCUT2D eigenvalue weighted by molar-refractivity contribution is 7.14. The fraction of sp³-hybridized carbons (Fsp3) is 0.111. The molecule has 0 aliphatic carbocycles. The number of aromatic nitrogens is 1. The molecule has 7 heteroatoms. The van der Waals surface area contributed by atoms with E-state index in [0.717, 1.165) is 35.1 Å². The van der Waals surface area contributed by atoms with Crippen LogP contribution in [0.3, 0.4) is 0 Å². The molecule has 0 saturated heterocycles. The maximum absolute atomic E-state index is 13.8. The van der Waals surface area contributed by atoms with Gasteiger partial charge in [0.15, 0.2) is 5.13 Å². The normalized spacial score (nSPS) is 10.5. The summed E-state index contributed by atoms with van der Waals surface area (Å²) >= 11 is 1.15. The van der Waals surface area contributed by atoms with Crippen LogP contribution in [-0.2, 0) is 11.2 Å². The van der Waals surface area contributed by atoms with Crippen molar-refractivity contribution in [2.75, 3.05) is 12.4 Å². The molecule has 1 amide bonds. The van der Waals surface area contributed by atoms with Gasteiger partial charge in [-0.2, -0.15) is 0 Å². The van der Waals surface area contributed by atoms with Crippen LogP contribution in [0.25, 0.3) is 11.3 Å². The van der Waals surface area contributed by atoms with Crippen molar-refractivity contribution >= 4 is 22.4 Å². The number of amides is 1. The van der Waals surface area contributed by atoms with Crippen molar-refractivity contribution < 1.29 is 18.3 Å². The molecule has 3 aromatic rings. The van der Waals surface area contributed by atoms with Crippen molar-refractivity contribution in [2.24, 2.45) is 0 Å². The van der Waals surface area contributed by atoms with Gasteiger partial charge >= 0.3 is 0 Å². The number of nitrogens with zero attached hydrogens (tertiary/aromatic N) is 1. The first-order valence-corrected chi connectivity index (χ1v) is 8.27. The maximum Gasteiger partial charge on any atom is 0.230 e. The number of hydrogen-bond acceptors (Lipinski definition) is 4. The molecule has 4 nitrogen and oxygen atoms in total. The lowest BCUT2D eigenvalue weighted by molar-refractivity contribution is -0.115. The molecule has 0 atom stereocenters. The smallest absolute Gasteiger partial charge is 0.230 e. The zero-order chi connectivity index (χ0) is 17.8. The first-order valence-electron chi connectivity index (χ1n) is 7.39. The summed E-state index contributed by atoms with van der Waals surface area (Å²) in [5, 5.41) is 4.56. The van der Waals surface area contributed by atoms with E-state index in [1.165, 1.54) is 0 Å². The molecule has 0 fully saturated rings. The van der Waals surface area contributed by atoms with E-state index in [1.807, 2.05) is 6.07 Å². The summed E-state index contributed by atoms with van der Waals surface area (Å²) in [6, 6.07) is 10.4. The van der Waals surface area contributed by atoms with Gasteiger partial charge in [0.05, 0.1) is 19.2 Å². The van der Waals surface area contributed by atoms with Gasteiger partial charge in [0.2, 0.25) is 5.91 Å². The van der Waals surface area contributed by atoms with Gasteiger partial charge in [0, 0.05) is 10.9 Å². The summed E-state index contributed by atoms with van der Waals surface area (Å²) in [5.41, 5.74) is 1.13. The largest absolute Gasteiger partial charge is 0.497 e. The Morgan fingerprint density at radius 1 is 1.24 bits per heavy atom. The number of anilines is 1. The van der Waals surface area contributed by atoms with Crippen molar-refractivity contribution in [3.8, 4) is 17.0 Å². The van der Waals surface area contributed by atoms with Gasteiger partial charge in [-0.05, 0) is 35.9 Å². The summed E-state index contributed by atoms with van der Waals surface area (Å²) in [6.07, 6.45) is 0.153. The van der Waals surface area contributed by atoms with Crippen molar-refractivity contribution in [1.29, 1.82) is 0 Å². The van der Waals surface area contributed by atoms with Gasteiger partial charge < -0.3 is 10.1 Å². The van der Waals surface area contributed by atoms with Crippen LogP contribution < -0.4 is 10.1 Å². The summed E-state index contributed by atoms with van der Waals surface area (Å²) in [5.74, 6) is -0.703. The molecular formula is C18H14F2N2O2S. The van der Waals surface area contributed by atoms with Crippen molar-refractivity contribution in [1.82, 2.24) is 4.98 Å². The molecule has 0 aliphatic heterocycles. The molecular weight excluding hydrogens is 346 g/mol. The number of carbonyl (C=O) groups excluding carboxylic acids is 1. The Hall–Kier alpha value is -2.80. The summed E-state index contributed by atoms with van der Waals surface area (Å²) in [7, 11) is 1.56. The third kappa shape index (κ3) is 4.19. The number of rotatable bonds is 5. The Balaban J connectivity index is 1.70. The van der Waals surface area contributed by atoms with Crippen molar-refractivity contribution in [3.05, 3.63) is 65.0 Å². The van der Waals surface area contributed by atoms with Crippen LogP contribution in [0.5, 0.6) is 5.75 Å². The van der Waals surface area contributed by atoms with E-state index >= 15 is 0 Å². The summed E-state index contributed by atoms with van der Waals surface area (Å²) in [4.78, 5) is 16.3. The lowest BCUT2D eigenvalue weighted by Gasteiger charge is -2.04. The van der Waals surface area contributed by atoms with Gasteiger partial charge in [0.25, 0.3) is 0 Å². The van der Waals surface area contributed by atoms with Crippen LogP contribution >= 0.6 is 11.3 Å². The van der Waals surface area contributed by atoms with Crippen molar-refractivity contribution in [3.63, 3.8) is 0 Å². The molecule has 25 heavy (non-hydrogen) atoms. The van der Waals surface area contributed by atoms with E-state index in [2.05, 4.69) is 10.3 Å². The Morgan fingerprint density at radius 2 is 2.08 bits per heavy atom. The Morgan fingerprint density at radius 3 is 2.88 bits per heavy atom. The second-order valence-electron chi connectivity index (χ2n) is 5.24. The van der Waals surface area contributed by atoms with E-state index in [-0.39, 0.29) is 23.6 Å². The highest BCUT2D eigenvalue weighted by atomic mass is 32.1. The minimum Gasteiger partial charge on any atom is -0.497 e. The molecule has 1 aromatic heterocycles.